The zero-order valence-corrected chi connectivity index (χ0v) is 16.5. The highest BCUT2D eigenvalue weighted by Gasteiger charge is 2.05. The minimum atomic E-state index is 0.676. The van der Waals surface area contributed by atoms with Crippen molar-refractivity contribution in [3.8, 4) is 0 Å². The lowest BCUT2D eigenvalue weighted by molar-refractivity contribution is 0.746. The number of nitrogens with zero attached hydrogens (tertiary/aromatic N) is 2. The normalized spacial score (nSPS) is 11.9. The number of hydrogen-bond acceptors (Lipinski definition) is 3. The average molecular weight is 370 g/mol. The lowest BCUT2D eigenvalue weighted by Gasteiger charge is -2.11. The first-order chi connectivity index (χ1) is 12.7. The molecular weight excluding hydrogens is 342 g/mol. The Bertz CT molecular complexity index is 877. The summed E-state index contributed by atoms with van der Waals surface area (Å²) in [5, 5.41) is 9.18. The van der Waals surface area contributed by atoms with Crippen LogP contribution in [0.3, 0.4) is 0 Å². The highest BCUT2D eigenvalue weighted by atomic mass is 32.1. The molecule has 0 spiro atoms. The van der Waals surface area contributed by atoms with Crippen molar-refractivity contribution in [2.24, 2.45) is 4.99 Å². The Balaban J connectivity index is 1.52. The topological polar surface area (TPSA) is 65.1 Å². The minimum Gasteiger partial charge on any atom is -0.361 e. The van der Waals surface area contributed by atoms with Crippen molar-refractivity contribution >= 4 is 28.2 Å². The number of aromatic nitrogens is 2. The zero-order chi connectivity index (χ0) is 18.4. The molecule has 3 rings (SSSR count). The standard InChI is InChI=1S/C20H27N5S/c1-4-21-20(24-13-19-14(2)25-15(3)26-19)22-11-7-8-16-12-23-18-10-6-5-9-17(16)18/h5-6,9-10,12,23H,4,7-8,11,13H2,1-3H3,(H2,21,22,24). The summed E-state index contributed by atoms with van der Waals surface area (Å²) >= 11 is 1.72. The van der Waals surface area contributed by atoms with Crippen LogP contribution >= 0.6 is 11.3 Å². The molecule has 138 valence electrons. The lowest BCUT2D eigenvalue weighted by atomic mass is 10.1. The smallest absolute Gasteiger partial charge is 0.191 e. The molecular formula is C20H27N5S. The van der Waals surface area contributed by atoms with Gasteiger partial charge in [-0.25, -0.2) is 9.98 Å². The number of nitrogens with one attached hydrogen (secondary N) is 3. The van der Waals surface area contributed by atoms with Gasteiger partial charge in [-0.3, -0.25) is 0 Å². The fraction of sp³-hybridized carbons (Fsp3) is 0.400. The molecule has 0 bridgehead atoms. The third-order valence-corrected chi connectivity index (χ3v) is 5.37. The largest absolute Gasteiger partial charge is 0.361 e. The number of fused-ring (bicyclic) bond motifs is 1. The Hall–Kier alpha value is -2.34. The number of guanidine groups is 1. The van der Waals surface area contributed by atoms with Gasteiger partial charge in [0.1, 0.15) is 0 Å². The van der Waals surface area contributed by atoms with Gasteiger partial charge in [-0.15, -0.1) is 11.3 Å². The van der Waals surface area contributed by atoms with Crippen molar-refractivity contribution in [1.29, 1.82) is 0 Å². The van der Waals surface area contributed by atoms with E-state index in [2.05, 4.69) is 64.9 Å². The molecule has 0 radical (unpaired) electrons. The number of thiazole rings is 1. The summed E-state index contributed by atoms with van der Waals surface area (Å²) in [7, 11) is 0. The lowest BCUT2D eigenvalue weighted by Crippen LogP contribution is -2.37. The molecule has 0 atom stereocenters. The number of H-pyrrole nitrogens is 1. The Kier molecular flexibility index (Phi) is 6.28. The second-order valence-corrected chi connectivity index (χ2v) is 7.61. The summed E-state index contributed by atoms with van der Waals surface area (Å²) in [6, 6.07) is 8.46. The van der Waals surface area contributed by atoms with E-state index in [0.29, 0.717) is 6.54 Å². The maximum absolute atomic E-state index is 4.70. The first-order valence-electron chi connectivity index (χ1n) is 9.17. The van der Waals surface area contributed by atoms with E-state index in [9.17, 15) is 0 Å². The van der Waals surface area contributed by atoms with E-state index in [1.54, 1.807) is 11.3 Å². The van der Waals surface area contributed by atoms with Gasteiger partial charge in [-0.1, -0.05) is 18.2 Å². The van der Waals surface area contributed by atoms with Gasteiger partial charge in [0, 0.05) is 35.1 Å². The highest BCUT2D eigenvalue weighted by Crippen LogP contribution is 2.19. The zero-order valence-electron chi connectivity index (χ0n) is 15.7. The predicted octanol–water partition coefficient (Wildman–Crippen LogP) is 3.93. The monoisotopic (exact) mass is 369 g/mol. The van der Waals surface area contributed by atoms with Crippen LogP contribution in [0.2, 0.25) is 0 Å². The van der Waals surface area contributed by atoms with Crippen molar-refractivity contribution in [3.05, 3.63) is 51.6 Å². The molecule has 0 saturated heterocycles. The predicted molar refractivity (Wildman–Crippen MR) is 111 cm³/mol. The average Bonchev–Trinajstić information content (AvgIpc) is 3.19. The molecule has 3 N–H and O–H groups in total. The molecule has 0 saturated carbocycles. The van der Waals surface area contributed by atoms with E-state index in [-0.39, 0.29) is 0 Å². The van der Waals surface area contributed by atoms with Gasteiger partial charge < -0.3 is 15.6 Å². The fourth-order valence-corrected chi connectivity index (χ4v) is 3.90. The van der Waals surface area contributed by atoms with Gasteiger partial charge in [0.15, 0.2) is 5.96 Å². The first-order valence-corrected chi connectivity index (χ1v) is 9.99. The van der Waals surface area contributed by atoms with Crippen LogP contribution in [0.1, 0.15) is 34.5 Å². The quantitative estimate of drug-likeness (QED) is 0.336. The summed E-state index contributed by atoms with van der Waals surface area (Å²) in [4.78, 5) is 13.7. The molecule has 0 aliphatic heterocycles. The van der Waals surface area contributed by atoms with Gasteiger partial charge in [0.25, 0.3) is 0 Å². The maximum Gasteiger partial charge on any atom is 0.191 e. The molecule has 26 heavy (non-hydrogen) atoms. The van der Waals surface area contributed by atoms with Gasteiger partial charge in [-0.05, 0) is 45.2 Å². The SMILES string of the molecule is CCNC(=NCc1sc(C)nc1C)NCCCc1c[nH]c2ccccc12. The van der Waals surface area contributed by atoms with Crippen LogP contribution in [0.15, 0.2) is 35.5 Å². The van der Waals surface area contributed by atoms with Crippen LogP contribution in [0.25, 0.3) is 10.9 Å². The number of aromatic amines is 1. The molecule has 0 aliphatic rings. The molecule has 0 amide bonds. The third kappa shape index (κ3) is 4.64. The van der Waals surface area contributed by atoms with Crippen LogP contribution in [-0.4, -0.2) is 29.0 Å². The van der Waals surface area contributed by atoms with E-state index in [4.69, 9.17) is 4.99 Å². The van der Waals surface area contributed by atoms with Crippen molar-refractivity contribution in [2.45, 2.75) is 40.2 Å². The van der Waals surface area contributed by atoms with Gasteiger partial charge in [0.05, 0.1) is 17.2 Å². The van der Waals surface area contributed by atoms with Crippen LogP contribution in [0.4, 0.5) is 0 Å². The number of aryl methyl sites for hydroxylation is 3. The second kappa shape index (κ2) is 8.85. The summed E-state index contributed by atoms with van der Waals surface area (Å²) < 4.78 is 0. The van der Waals surface area contributed by atoms with E-state index < -0.39 is 0 Å². The Morgan fingerprint density at radius 3 is 2.85 bits per heavy atom. The van der Waals surface area contributed by atoms with Crippen molar-refractivity contribution < 1.29 is 0 Å². The van der Waals surface area contributed by atoms with Crippen LogP contribution < -0.4 is 10.6 Å². The second-order valence-electron chi connectivity index (χ2n) is 6.33. The van der Waals surface area contributed by atoms with Crippen LogP contribution in [0.5, 0.6) is 0 Å². The fourth-order valence-electron chi connectivity index (χ4n) is 3.04. The molecule has 2 aromatic heterocycles. The number of para-hydroxylation sites is 1. The Morgan fingerprint density at radius 2 is 2.08 bits per heavy atom. The van der Waals surface area contributed by atoms with Crippen LogP contribution in [-0.2, 0) is 13.0 Å². The number of aliphatic imine (C=N–C) groups is 1. The number of rotatable bonds is 7. The van der Waals surface area contributed by atoms with E-state index in [0.717, 1.165) is 42.6 Å². The van der Waals surface area contributed by atoms with Crippen molar-refractivity contribution in [2.75, 3.05) is 13.1 Å². The molecule has 0 unspecified atom stereocenters. The maximum atomic E-state index is 4.70. The van der Waals surface area contributed by atoms with E-state index in [1.807, 2.05) is 6.92 Å². The molecule has 1 aromatic carbocycles. The van der Waals surface area contributed by atoms with Gasteiger partial charge in [0.2, 0.25) is 0 Å². The molecule has 3 aromatic rings. The van der Waals surface area contributed by atoms with Gasteiger partial charge >= 0.3 is 0 Å². The van der Waals surface area contributed by atoms with Gasteiger partial charge in [-0.2, -0.15) is 0 Å². The van der Waals surface area contributed by atoms with Crippen molar-refractivity contribution in [1.82, 2.24) is 20.6 Å². The van der Waals surface area contributed by atoms with Crippen LogP contribution in [0, 0.1) is 13.8 Å². The highest BCUT2D eigenvalue weighted by molar-refractivity contribution is 7.11. The summed E-state index contributed by atoms with van der Waals surface area (Å²) in [6.45, 7) is 8.61. The first kappa shape index (κ1) is 18.5. The molecule has 2 heterocycles. The summed E-state index contributed by atoms with van der Waals surface area (Å²) in [5.74, 6) is 0.872. The minimum absolute atomic E-state index is 0.676. The summed E-state index contributed by atoms with van der Waals surface area (Å²) in [5.41, 5.74) is 3.67. The molecule has 0 fully saturated rings. The third-order valence-electron chi connectivity index (χ3n) is 4.31. The number of benzene rings is 1. The Morgan fingerprint density at radius 1 is 1.23 bits per heavy atom. The summed E-state index contributed by atoms with van der Waals surface area (Å²) in [6.07, 6.45) is 4.23. The molecule has 5 nitrogen and oxygen atoms in total. The van der Waals surface area contributed by atoms with Crippen molar-refractivity contribution in [3.63, 3.8) is 0 Å². The number of hydrogen-bond donors (Lipinski definition) is 3. The Labute approximate surface area is 159 Å². The van der Waals surface area contributed by atoms with E-state index >= 15 is 0 Å². The molecule has 0 aliphatic carbocycles. The molecule has 6 heteroatoms. The van der Waals surface area contributed by atoms with E-state index in [1.165, 1.54) is 21.3 Å².